The summed E-state index contributed by atoms with van der Waals surface area (Å²) in [6.07, 6.45) is 5.24. The Morgan fingerprint density at radius 1 is 1.10 bits per heavy atom. The topological polar surface area (TPSA) is 93.9 Å². The summed E-state index contributed by atoms with van der Waals surface area (Å²) in [5.74, 6) is 0.973. The number of hydrogen-bond donors (Lipinski definition) is 3. The van der Waals surface area contributed by atoms with Crippen molar-refractivity contribution in [2.45, 2.75) is 31.7 Å². The first-order chi connectivity index (χ1) is 15.0. The average molecular weight is 420 g/mol. The maximum absolute atomic E-state index is 12.2. The first-order valence-electron chi connectivity index (χ1n) is 10.7. The van der Waals surface area contributed by atoms with Gasteiger partial charge in [-0.2, -0.15) is 0 Å². The molecule has 1 aliphatic carbocycles. The van der Waals surface area contributed by atoms with Crippen LogP contribution < -0.4 is 16.4 Å². The van der Waals surface area contributed by atoms with Crippen LogP contribution in [0.15, 0.2) is 58.3 Å². The molecule has 0 radical (unpaired) electrons. The molecule has 0 saturated heterocycles. The minimum absolute atomic E-state index is 0.101. The second kappa shape index (κ2) is 9.31. The van der Waals surface area contributed by atoms with Gasteiger partial charge in [0.15, 0.2) is 0 Å². The van der Waals surface area contributed by atoms with Crippen molar-refractivity contribution < 1.29 is 0 Å². The molecule has 7 nitrogen and oxygen atoms in total. The Hall–Kier alpha value is -3.19. The molecular formula is C24H29N5O2. The number of anilines is 1. The van der Waals surface area contributed by atoms with E-state index in [9.17, 15) is 9.59 Å². The first-order valence-corrected chi connectivity index (χ1v) is 10.7. The van der Waals surface area contributed by atoms with E-state index in [1.807, 2.05) is 20.2 Å². The number of aromatic amines is 2. The summed E-state index contributed by atoms with van der Waals surface area (Å²) < 4.78 is 0. The Balaban J connectivity index is 1.41. The number of nitrogens with one attached hydrogen (secondary N) is 3. The number of pyridine rings is 1. The molecule has 0 aliphatic heterocycles. The van der Waals surface area contributed by atoms with Crippen LogP contribution >= 0.6 is 0 Å². The number of nitrogens with zero attached hydrogens (tertiary/aromatic N) is 2. The van der Waals surface area contributed by atoms with Gasteiger partial charge in [0.2, 0.25) is 11.5 Å². The van der Waals surface area contributed by atoms with Gasteiger partial charge in [0.05, 0.1) is 5.69 Å². The molecular weight excluding hydrogens is 390 g/mol. The van der Waals surface area contributed by atoms with Gasteiger partial charge in [0.25, 0.3) is 5.56 Å². The van der Waals surface area contributed by atoms with Crippen LogP contribution in [-0.4, -0.2) is 46.5 Å². The van der Waals surface area contributed by atoms with Crippen molar-refractivity contribution in [3.63, 3.8) is 0 Å². The SMILES string of the molecule is CN(C)C(CNc1nc(CC2Cc3ccccc3C2)cc(=O)[nH]1)Cc1cc[nH]c(=O)c1. The molecule has 2 heterocycles. The second-order valence-corrected chi connectivity index (χ2v) is 8.60. The first kappa shape index (κ1) is 21.1. The molecule has 0 saturated carbocycles. The molecule has 0 amide bonds. The maximum Gasteiger partial charge on any atom is 0.252 e. The largest absolute Gasteiger partial charge is 0.354 e. The fraction of sp³-hybridized carbons (Fsp3) is 0.375. The molecule has 0 bridgehead atoms. The van der Waals surface area contributed by atoms with E-state index in [1.54, 1.807) is 18.3 Å². The van der Waals surface area contributed by atoms with Gasteiger partial charge in [0, 0.05) is 30.9 Å². The zero-order chi connectivity index (χ0) is 21.8. The van der Waals surface area contributed by atoms with Gasteiger partial charge >= 0.3 is 0 Å². The number of likely N-dealkylation sites (N-methyl/N-ethyl adjacent to an activating group) is 1. The van der Waals surface area contributed by atoms with Gasteiger partial charge in [-0.3, -0.25) is 14.6 Å². The fourth-order valence-corrected chi connectivity index (χ4v) is 4.33. The van der Waals surface area contributed by atoms with Crippen LogP contribution in [0.4, 0.5) is 5.95 Å². The normalized spacial score (nSPS) is 14.5. The van der Waals surface area contributed by atoms with Gasteiger partial charge in [-0.15, -0.1) is 0 Å². The lowest BCUT2D eigenvalue weighted by Gasteiger charge is -2.25. The molecule has 2 aromatic heterocycles. The van der Waals surface area contributed by atoms with Crippen LogP contribution in [0, 0.1) is 5.92 Å². The maximum atomic E-state index is 12.2. The van der Waals surface area contributed by atoms with Crippen LogP contribution in [0.5, 0.6) is 0 Å². The molecule has 4 rings (SSSR count). The lowest BCUT2D eigenvalue weighted by Crippen LogP contribution is -2.37. The number of hydrogen-bond acceptors (Lipinski definition) is 5. The Labute approximate surface area is 181 Å². The van der Waals surface area contributed by atoms with E-state index in [4.69, 9.17) is 0 Å². The van der Waals surface area contributed by atoms with Crippen molar-refractivity contribution in [2.75, 3.05) is 26.0 Å². The minimum Gasteiger partial charge on any atom is -0.354 e. The molecule has 3 N–H and O–H groups in total. The number of H-pyrrole nitrogens is 2. The van der Waals surface area contributed by atoms with Crippen LogP contribution in [-0.2, 0) is 25.7 Å². The monoisotopic (exact) mass is 419 g/mol. The second-order valence-electron chi connectivity index (χ2n) is 8.60. The lowest BCUT2D eigenvalue weighted by molar-refractivity contribution is 0.303. The van der Waals surface area contributed by atoms with Crippen LogP contribution in [0.3, 0.4) is 0 Å². The van der Waals surface area contributed by atoms with Gasteiger partial charge in [-0.25, -0.2) is 4.98 Å². The summed E-state index contributed by atoms with van der Waals surface area (Å²) in [5, 5.41) is 3.29. The summed E-state index contributed by atoms with van der Waals surface area (Å²) in [4.78, 5) is 36.0. The number of fused-ring (bicyclic) bond motifs is 1. The van der Waals surface area contributed by atoms with Crippen molar-refractivity contribution in [3.05, 3.63) is 91.8 Å². The van der Waals surface area contributed by atoms with E-state index in [1.165, 1.54) is 11.1 Å². The van der Waals surface area contributed by atoms with Crippen molar-refractivity contribution in [2.24, 2.45) is 5.92 Å². The van der Waals surface area contributed by atoms with E-state index in [0.717, 1.165) is 30.5 Å². The zero-order valence-electron chi connectivity index (χ0n) is 18.0. The Morgan fingerprint density at radius 3 is 2.52 bits per heavy atom. The van der Waals surface area contributed by atoms with Crippen LogP contribution in [0.1, 0.15) is 22.4 Å². The Morgan fingerprint density at radius 2 is 1.84 bits per heavy atom. The van der Waals surface area contributed by atoms with Crippen molar-refractivity contribution >= 4 is 5.95 Å². The molecule has 7 heteroatoms. The van der Waals surface area contributed by atoms with Crippen molar-refractivity contribution in [1.82, 2.24) is 19.9 Å². The zero-order valence-corrected chi connectivity index (χ0v) is 18.0. The van der Waals surface area contributed by atoms with Gasteiger partial charge in [0.1, 0.15) is 0 Å². The highest BCUT2D eigenvalue weighted by Crippen LogP contribution is 2.28. The Bertz CT molecular complexity index is 1130. The van der Waals surface area contributed by atoms with E-state index in [0.29, 0.717) is 24.8 Å². The summed E-state index contributed by atoms with van der Waals surface area (Å²) in [6, 6.07) is 13.8. The molecule has 1 aromatic carbocycles. The van der Waals surface area contributed by atoms with Crippen molar-refractivity contribution in [1.29, 1.82) is 0 Å². The van der Waals surface area contributed by atoms with Gasteiger partial charge < -0.3 is 15.2 Å². The average Bonchev–Trinajstić information content (AvgIpc) is 3.12. The van der Waals surface area contributed by atoms with Crippen molar-refractivity contribution in [3.8, 4) is 0 Å². The molecule has 1 aliphatic rings. The van der Waals surface area contributed by atoms with E-state index in [2.05, 4.69) is 49.4 Å². The standard InChI is InChI=1S/C24H29N5O2/c1-29(2)21(12-16-7-8-25-22(30)13-16)15-26-24-27-20(14-23(31)28-24)11-17-9-18-5-3-4-6-19(18)10-17/h3-8,13-14,17,21H,9-12,15H2,1-2H3,(H,25,30)(H2,26,27,28,31). The molecule has 162 valence electrons. The molecule has 31 heavy (non-hydrogen) atoms. The Kier molecular flexibility index (Phi) is 6.32. The van der Waals surface area contributed by atoms with Gasteiger partial charge in [-0.1, -0.05) is 24.3 Å². The third-order valence-electron chi connectivity index (χ3n) is 5.97. The molecule has 1 unspecified atom stereocenters. The summed E-state index contributed by atoms with van der Waals surface area (Å²) in [6.45, 7) is 0.598. The van der Waals surface area contributed by atoms with Gasteiger partial charge in [-0.05, 0) is 68.5 Å². The predicted octanol–water partition coefficient (Wildman–Crippen LogP) is 2.00. The highest BCUT2D eigenvalue weighted by Gasteiger charge is 2.22. The lowest BCUT2D eigenvalue weighted by atomic mass is 10.00. The third-order valence-corrected chi connectivity index (χ3v) is 5.97. The van der Waals surface area contributed by atoms with Crippen LogP contribution in [0.2, 0.25) is 0 Å². The molecule has 3 aromatic rings. The third kappa shape index (κ3) is 5.49. The molecule has 0 spiro atoms. The summed E-state index contributed by atoms with van der Waals surface area (Å²) >= 11 is 0. The quantitative estimate of drug-likeness (QED) is 0.519. The van der Waals surface area contributed by atoms with E-state index >= 15 is 0 Å². The number of benzene rings is 1. The predicted molar refractivity (Wildman–Crippen MR) is 123 cm³/mol. The fourth-order valence-electron chi connectivity index (χ4n) is 4.33. The van der Waals surface area contributed by atoms with E-state index < -0.39 is 0 Å². The molecule has 0 fully saturated rings. The summed E-state index contributed by atoms with van der Waals surface area (Å²) in [7, 11) is 4.01. The molecule has 1 atom stereocenters. The van der Waals surface area contributed by atoms with Crippen LogP contribution in [0.25, 0.3) is 0 Å². The minimum atomic E-state index is -0.140. The number of aromatic nitrogens is 3. The smallest absolute Gasteiger partial charge is 0.252 e. The highest BCUT2D eigenvalue weighted by molar-refractivity contribution is 5.33. The summed E-state index contributed by atoms with van der Waals surface area (Å²) in [5.41, 5.74) is 4.36. The van der Waals surface area contributed by atoms with E-state index in [-0.39, 0.29) is 17.2 Å². The highest BCUT2D eigenvalue weighted by atomic mass is 16.1. The number of rotatable bonds is 8.